The number of hydrogen-bond donors (Lipinski definition) is 2. The molecule has 1 amide bonds. The van der Waals surface area contributed by atoms with Crippen molar-refractivity contribution in [1.29, 1.82) is 0 Å². The van der Waals surface area contributed by atoms with Gasteiger partial charge in [-0.05, 0) is 52.0 Å². The smallest absolute Gasteiger partial charge is 0.288 e. The molecule has 1 rings (SSSR count). The fraction of sp³-hybridized carbons (Fsp3) is 0.500. The highest BCUT2D eigenvalue weighted by atomic mass is 32.2. The third-order valence-corrected chi connectivity index (χ3v) is 4.24. The number of alkyl halides is 2. The third kappa shape index (κ3) is 4.18. The maximum atomic E-state index is 12.2. The molecule has 1 aromatic rings. The number of amides is 1. The maximum absolute atomic E-state index is 12.2. The molecule has 1 aromatic carbocycles. The molecule has 6 heteroatoms. The van der Waals surface area contributed by atoms with Crippen molar-refractivity contribution in [2.24, 2.45) is 11.1 Å². The molecular weight excluding hydrogens is 282 g/mol. The minimum Gasteiger partial charge on any atom is -0.326 e. The predicted molar refractivity (Wildman–Crippen MR) is 79.0 cm³/mol. The van der Waals surface area contributed by atoms with Gasteiger partial charge in [0, 0.05) is 16.1 Å². The number of hydrogen-bond acceptors (Lipinski definition) is 3. The zero-order chi connectivity index (χ0) is 15.6. The number of nitrogens with two attached hydrogens (primary N) is 1. The number of carbonyl (C=O) groups excluding carboxylic acids is 1. The Labute approximate surface area is 122 Å². The van der Waals surface area contributed by atoms with Gasteiger partial charge < -0.3 is 11.1 Å². The van der Waals surface area contributed by atoms with Crippen LogP contribution in [0.2, 0.25) is 0 Å². The Morgan fingerprint density at radius 1 is 1.20 bits per heavy atom. The van der Waals surface area contributed by atoms with Crippen LogP contribution in [0.4, 0.5) is 14.5 Å². The summed E-state index contributed by atoms with van der Waals surface area (Å²) >= 11 is 0.470. The van der Waals surface area contributed by atoms with E-state index in [1.807, 2.05) is 0 Å². The van der Waals surface area contributed by atoms with Crippen LogP contribution in [0.3, 0.4) is 0 Å². The van der Waals surface area contributed by atoms with Gasteiger partial charge >= 0.3 is 0 Å². The lowest BCUT2D eigenvalue weighted by atomic mass is 9.74. The molecule has 0 heterocycles. The zero-order valence-corrected chi connectivity index (χ0v) is 12.9. The molecule has 20 heavy (non-hydrogen) atoms. The summed E-state index contributed by atoms with van der Waals surface area (Å²) in [4.78, 5) is 12.7. The number of thioether (sulfide) groups is 1. The Balaban J connectivity index is 2.77. The van der Waals surface area contributed by atoms with Crippen LogP contribution in [0, 0.1) is 5.41 Å². The fourth-order valence-electron chi connectivity index (χ4n) is 1.30. The molecule has 0 spiro atoms. The van der Waals surface area contributed by atoms with Crippen LogP contribution in [0.15, 0.2) is 29.2 Å². The van der Waals surface area contributed by atoms with Gasteiger partial charge in [-0.15, -0.1) is 0 Å². The van der Waals surface area contributed by atoms with Crippen molar-refractivity contribution in [2.45, 2.75) is 43.9 Å². The van der Waals surface area contributed by atoms with Gasteiger partial charge in [0.2, 0.25) is 5.91 Å². The molecule has 112 valence electrons. The van der Waals surface area contributed by atoms with Crippen molar-refractivity contribution >= 4 is 23.4 Å². The second-order valence-electron chi connectivity index (χ2n) is 5.70. The van der Waals surface area contributed by atoms with Crippen molar-refractivity contribution < 1.29 is 13.6 Å². The minimum absolute atomic E-state index is 0.209. The van der Waals surface area contributed by atoms with Gasteiger partial charge in [0.05, 0.1) is 5.41 Å². The molecule has 0 aliphatic rings. The van der Waals surface area contributed by atoms with E-state index >= 15 is 0 Å². The monoisotopic (exact) mass is 302 g/mol. The Morgan fingerprint density at radius 3 is 2.10 bits per heavy atom. The molecule has 3 nitrogen and oxygen atoms in total. The van der Waals surface area contributed by atoms with Gasteiger partial charge in [-0.1, -0.05) is 11.8 Å². The van der Waals surface area contributed by atoms with Gasteiger partial charge in [0.25, 0.3) is 5.76 Å². The summed E-state index contributed by atoms with van der Waals surface area (Å²) < 4.78 is 24.4. The van der Waals surface area contributed by atoms with Crippen LogP contribution in [0.5, 0.6) is 0 Å². The largest absolute Gasteiger partial charge is 0.326 e. The summed E-state index contributed by atoms with van der Waals surface area (Å²) in [5.74, 6) is -2.66. The number of nitrogens with one attached hydrogen (secondary N) is 1. The van der Waals surface area contributed by atoms with E-state index in [1.165, 1.54) is 0 Å². The molecule has 0 aromatic heterocycles. The lowest BCUT2D eigenvalue weighted by molar-refractivity contribution is -0.126. The first-order chi connectivity index (χ1) is 9.04. The Kier molecular flexibility index (Phi) is 5.15. The van der Waals surface area contributed by atoms with Crippen LogP contribution in [-0.4, -0.2) is 17.2 Å². The number of rotatable bonds is 5. The van der Waals surface area contributed by atoms with E-state index in [0.29, 0.717) is 22.3 Å². The van der Waals surface area contributed by atoms with Crippen LogP contribution in [0.25, 0.3) is 0 Å². The third-order valence-electron chi connectivity index (χ3n) is 3.52. The standard InChI is InChI=1S/C14H20F2N2OS/c1-13(2,14(3,4)17)11(19)18-9-5-7-10(8-6-9)20-12(15)16/h5-8,12H,17H2,1-4H3,(H,18,19). The highest BCUT2D eigenvalue weighted by Gasteiger charge is 2.40. The summed E-state index contributed by atoms with van der Waals surface area (Å²) in [6.45, 7) is 7.11. The first-order valence-electron chi connectivity index (χ1n) is 6.19. The molecule has 0 fully saturated rings. The summed E-state index contributed by atoms with van der Waals surface area (Å²) in [7, 11) is 0. The van der Waals surface area contributed by atoms with E-state index < -0.39 is 16.7 Å². The molecule has 0 aliphatic carbocycles. The normalized spacial score (nSPS) is 12.6. The summed E-state index contributed by atoms with van der Waals surface area (Å²) in [6, 6.07) is 6.30. The van der Waals surface area contributed by atoms with Crippen LogP contribution >= 0.6 is 11.8 Å². The molecular formula is C14H20F2N2OS. The lowest BCUT2D eigenvalue weighted by Gasteiger charge is -2.36. The first kappa shape index (κ1) is 16.9. The number of carbonyl (C=O) groups is 1. The molecule has 0 saturated heterocycles. The van der Waals surface area contributed by atoms with Crippen LogP contribution < -0.4 is 11.1 Å². The lowest BCUT2D eigenvalue weighted by Crippen LogP contribution is -2.53. The van der Waals surface area contributed by atoms with Crippen molar-refractivity contribution in [3.63, 3.8) is 0 Å². The summed E-state index contributed by atoms with van der Waals surface area (Å²) in [5.41, 5.74) is 5.12. The molecule has 0 aliphatic heterocycles. The maximum Gasteiger partial charge on any atom is 0.288 e. The van der Waals surface area contributed by atoms with E-state index in [2.05, 4.69) is 5.32 Å². The molecule has 0 saturated carbocycles. The van der Waals surface area contributed by atoms with Crippen molar-refractivity contribution in [2.75, 3.05) is 5.32 Å². The van der Waals surface area contributed by atoms with Crippen molar-refractivity contribution in [3.8, 4) is 0 Å². The summed E-state index contributed by atoms with van der Waals surface area (Å²) in [5, 5.41) is 2.75. The van der Waals surface area contributed by atoms with Crippen LogP contribution in [0.1, 0.15) is 27.7 Å². The number of halogens is 2. The molecule has 0 bridgehead atoms. The average Bonchev–Trinajstić information content (AvgIpc) is 2.29. The van der Waals surface area contributed by atoms with E-state index in [4.69, 9.17) is 5.73 Å². The van der Waals surface area contributed by atoms with Gasteiger partial charge in [0.15, 0.2) is 0 Å². The van der Waals surface area contributed by atoms with E-state index in [9.17, 15) is 13.6 Å². The van der Waals surface area contributed by atoms with Gasteiger partial charge in [-0.3, -0.25) is 4.79 Å². The average molecular weight is 302 g/mol. The fourth-order valence-corrected chi connectivity index (χ4v) is 1.80. The van der Waals surface area contributed by atoms with Gasteiger partial charge in [-0.25, -0.2) is 0 Å². The second kappa shape index (κ2) is 6.10. The zero-order valence-electron chi connectivity index (χ0n) is 12.0. The predicted octanol–water partition coefficient (Wildman–Crippen LogP) is 3.70. The first-order valence-corrected chi connectivity index (χ1v) is 7.07. The number of anilines is 1. The topological polar surface area (TPSA) is 55.1 Å². The molecule has 0 unspecified atom stereocenters. The highest BCUT2D eigenvalue weighted by Crippen LogP contribution is 2.30. The quantitative estimate of drug-likeness (QED) is 0.815. The van der Waals surface area contributed by atoms with Gasteiger partial charge in [0.1, 0.15) is 0 Å². The van der Waals surface area contributed by atoms with Gasteiger partial charge in [-0.2, -0.15) is 8.78 Å². The SMILES string of the molecule is CC(C)(N)C(C)(C)C(=O)Nc1ccc(SC(F)F)cc1. The summed E-state index contributed by atoms with van der Waals surface area (Å²) in [6.07, 6.45) is 0. The highest BCUT2D eigenvalue weighted by molar-refractivity contribution is 7.99. The van der Waals surface area contributed by atoms with E-state index in [1.54, 1.807) is 52.0 Å². The second-order valence-corrected chi connectivity index (χ2v) is 6.77. The number of benzene rings is 1. The van der Waals surface area contributed by atoms with E-state index in [0.717, 1.165) is 0 Å². The molecule has 0 radical (unpaired) electrons. The van der Waals surface area contributed by atoms with E-state index in [-0.39, 0.29) is 5.91 Å². The Morgan fingerprint density at radius 2 is 1.70 bits per heavy atom. The molecule has 0 atom stereocenters. The molecule has 3 N–H and O–H groups in total. The Bertz CT molecular complexity index is 467. The minimum atomic E-state index is -2.45. The van der Waals surface area contributed by atoms with Crippen molar-refractivity contribution in [1.82, 2.24) is 0 Å². The van der Waals surface area contributed by atoms with Crippen molar-refractivity contribution in [3.05, 3.63) is 24.3 Å². The Hall–Kier alpha value is -1.14. The van der Waals surface area contributed by atoms with Crippen LogP contribution in [-0.2, 0) is 4.79 Å².